The lowest BCUT2D eigenvalue weighted by Crippen LogP contribution is -2.53. The minimum absolute atomic E-state index is 0.224. The molecule has 5 nitrogen and oxygen atoms in total. The lowest BCUT2D eigenvalue weighted by Gasteiger charge is -2.37. The Kier molecular flexibility index (Phi) is 11.7. The van der Waals surface area contributed by atoms with Crippen LogP contribution in [0.15, 0.2) is 182 Å². The number of carbonyl (C=O) groups is 2. The highest BCUT2D eigenvalue weighted by Crippen LogP contribution is 2.50. The Hall–Kier alpha value is -5.08. The molecule has 0 aromatic heterocycles. The second-order valence-corrected chi connectivity index (χ2v) is 14.7. The molecule has 51 heavy (non-hydrogen) atoms. The van der Waals surface area contributed by atoms with Crippen LogP contribution in [0.25, 0.3) is 0 Å². The van der Waals surface area contributed by atoms with Crippen LogP contribution < -0.4 is 16.8 Å². The van der Waals surface area contributed by atoms with Crippen LogP contribution in [0.4, 0.5) is 0 Å². The van der Waals surface area contributed by atoms with E-state index >= 15 is 0 Å². The fourth-order valence-corrected chi connectivity index (χ4v) is 9.57. The van der Waals surface area contributed by atoms with Crippen LogP contribution in [0.3, 0.4) is 0 Å². The summed E-state index contributed by atoms with van der Waals surface area (Å²) in [6.45, 7) is 0. The third kappa shape index (κ3) is 7.81. The van der Waals surface area contributed by atoms with Gasteiger partial charge in [-0.3, -0.25) is 9.59 Å². The number of nitrogens with one attached hydrogen (secondary N) is 1. The normalized spacial score (nSPS) is 12.8. The van der Waals surface area contributed by atoms with Gasteiger partial charge in [-0.25, -0.2) is 0 Å². The number of carbonyl (C=O) groups excluding carboxylic acids is 2. The third-order valence-electron chi connectivity index (χ3n) is 9.02. The zero-order valence-electron chi connectivity index (χ0n) is 28.2. The molecule has 0 heterocycles. The summed E-state index contributed by atoms with van der Waals surface area (Å²) in [6.07, 6.45) is 0. The van der Waals surface area contributed by atoms with Crippen molar-refractivity contribution in [1.82, 2.24) is 5.32 Å². The van der Waals surface area contributed by atoms with E-state index in [1.165, 1.54) is 0 Å². The Bertz CT molecular complexity index is 1790. The molecular formula is C44H41N3O2S2. The van der Waals surface area contributed by atoms with Crippen molar-refractivity contribution in [1.29, 1.82) is 0 Å². The molecule has 256 valence electrons. The minimum Gasteiger partial charge on any atom is -0.368 e. The maximum absolute atomic E-state index is 13.9. The van der Waals surface area contributed by atoms with E-state index in [0.29, 0.717) is 0 Å². The number of hydrogen-bond donors (Lipinski definition) is 3. The second-order valence-electron chi connectivity index (χ2n) is 12.3. The van der Waals surface area contributed by atoms with Crippen LogP contribution in [-0.2, 0) is 19.1 Å². The maximum Gasteiger partial charge on any atom is 0.240 e. The van der Waals surface area contributed by atoms with Crippen molar-refractivity contribution in [2.75, 3.05) is 11.5 Å². The number of nitrogens with two attached hydrogens (primary N) is 2. The van der Waals surface area contributed by atoms with Gasteiger partial charge in [0.05, 0.1) is 15.5 Å². The van der Waals surface area contributed by atoms with E-state index in [2.05, 4.69) is 78.1 Å². The van der Waals surface area contributed by atoms with Gasteiger partial charge in [0.1, 0.15) is 6.04 Å². The topological polar surface area (TPSA) is 98.2 Å². The number of primary amides is 1. The second kappa shape index (κ2) is 16.8. The van der Waals surface area contributed by atoms with Crippen molar-refractivity contribution in [3.8, 4) is 0 Å². The summed E-state index contributed by atoms with van der Waals surface area (Å²) in [5.41, 5.74) is 19.0. The van der Waals surface area contributed by atoms with Gasteiger partial charge < -0.3 is 16.8 Å². The molecule has 0 aliphatic heterocycles. The van der Waals surface area contributed by atoms with Gasteiger partial charge in [0, 0.05) is 11.5 Å². The van der Waals surface area contributed by atoms with E-state index in [1.807, 2.05) is 109 Å². The number of rotatable bonds is 15. The molecule has 7 heteroatoms. The molecule has 0 fully saturated rings. The quantitative estimate of drug-likeness (QED) is 0.0950. The van der Waals surface area contributed by atoms with Gasteiger partial charge in [0.2, 0.25) is 11.8 Å². The van der Waals surface area contributed by atoms with Gasteiger partial charge in [0.25, 0.3) is 0 Å². The molecule has 6 aromatic carbocycles. The molecule has 0 aliphatic rings. The first-order chi connectivity index (χ1) is 24.9. The Morgan fingerprint density at radius 2 is 0.725 bits per heavy atom. The summed E-state index contributed by atoms with van der Waals surface area (Å²) in [6, 6.07) is 59.5. The van der Waals surface area contributed by atoms with Crippen LogP contribution in [-0.4, -0.2) is 35.4 Å². The monoisotopic (exact) mass is 707 g/mol. The first-order valence-electron chi connectivity index (χ1n) is 16.9. The highest BCUT2D eigenvalue weighted by molar-refractivity contribution is 8.01. The van der Waals surface area contributed by atoms with Gasteiger partial charge >= 0.3 is 0 Å². The van der Waals surface area contributed by atoms with Crippen LogP contribution in [0, 0.1) is 0 Å². The third-order valence-corrected chi connectivity index (χ3v) is 12.3. The Labute approximate surface area is 308 Å². The average molecular weight is 708 g/mol. The predicted octanol–water partition coefficient (Wildman–Crippen LogP) is 7.73. The van der Waals surface area contributed by atoms with E-state index in [-0.39, 0.29) is 11.5 Å². The molecule has 0 radical (unpaired) electrons. The van der Waals surface area contributed by atoms with Crippen LogP contribution in [0.5, 0.6) is 0 Å². The van der Waals surface area contributed by atoms with Gasteiger partial charge in [-0.2, -0.15) is 0 Å². The molecule has 0 saturated carbocycles. The van der Waals surface area contributed by atoms with Crippen LogP contribution >= 0.6 is 23.5 Å². The summed E-state index contributed by atoms with van der Waals surface area (Å²) < 4.78 is -1.32. The lowest BCUT2D eigenvalue weighted by atomic mass is 9.84. The first-order valence-corrected chi connectivity index (χ1v) is 18.9. The SMILES string of the molecule is NC(=O)C(CSC(c1ccccc1)(c1ccccc1)c1ccccc1)NC(=O)C(N)CSC(c1ccccc1)(c1ccccc1)c1ccccc1. The Morgan fingerprint density at radius 1 is 0.471 bits per heavy atom. The zero-order chi connectivity index (χ0) is 35.5. The Balaban J connectivity index is 1.27. The summed E-state index contributed by atoms with van der Waals surface area (Å²) in [5.74, 6) is -0.544. The molecule has 0 aliphatic carbocycles. The van der Waals surface area contributed by atoms with Gasteiger partial charge in [0.15, 0.2) is 0 Å². The maximum atomic E-state index is 13.9. The van der Waals surface area contributed by atoms with Crippen molar-refractivity contribution >= 4 is 35.3 Å². The first kappa shape index (κ1) is 35.7. The van der Waals surface area contributed by atoms with E-state index in [9.17, 15) is 9.59 Å². The molecule has 6 aromatic rings. The van der Waals surface area contributed by atoms with E-state index in [0.717, 1.165) is 33.4 Å². The molecule has 0 saturated heterocycles. The molecule has 0 spiro atoms. The van der Waals surface area contributed by atoms with Gasteiger partial charge in [-0.05, 0) is 33.4 Å². The summed E-state index contributed by atoms with van der Waals surface area (Å²) in [7, 11) is 0. The molecule has 2 atom stereocenters. The zero-order valence-corrected chi connectivity index (χ0v) is 29.8. The molecule has 5 N–H and O–H groups in total. The van der Waals surface area contributed by atoms with Crippen molar-refractivity contribution in [3.05, 3.63) is 215 Å². The smallest absolute Gasteiger partial charge is 0.240 e. The van der Waals surface area contributed by atoms with Crippen molar-refractivity contribution in [2.24, 2.45) is 11.5 Å². The lowest BCUT2D eigenvalue weighted by molar-refractivity contribution is -0.127. The fourth-order valence-electron chi connectivity index (χ4n) is 6.51. The molecule has 6 rings (SSSR count). The van der Waals surface area contributed by atoms with E-state index < -0.39 is 33.4 Å². The van der Waals surface area contributed by atoms with Gasteiger partial charge in [-0.15, -0.1) is 23.5 Å². The van der Waals surface area contributed by atoms with E-state index in [1.54, 1.807) is 23.5 Å². The highest BCUT2D eigenvalue weighted by atomic mass is 32.2. The predicted molar refractivity (Wildman–Crippen MR) is 212 cm³/mol. The number of hydrogen-bond acceptors (Lipinski definition) is 5. The van der Waals surface area contributed by atoms with Crippen LogP contribution in [0.1, 0.15) is 33.4 Å². The van der Waals surface area contributed by atoms with E-state index in [4.69, 9.17) is 11.5 Å². The fraction of sp³-hybridized carbons (Fsp3) is 0.136. The molecule has 2 unspecified atom stereocenters. The number of benzene rings is 6. The van der Waals surface area contributed by atoms with Crippen molar-refractivity contribution in [3.63, 3.8) is 0 Å². The summed E-state index contributed by atoms with van der Waals surface area (Å²) >= 11 is 3.17. The average Bonchev–Trinajstić information content (AvgIpc) is 3.20. The minimum atomic E-state index is -0.962. The van der Waals surface area contributed by atoms with Crippen molar-refractivity contribution < 1.29 is 9.59 Å². The molecule has 0 bridgehead atoms. The summed E-state index contributed by atoms with van der Waals surface area (Å²) in [4.78, 5) is 26.9. The van der Waals surface area contributed by atoms with Crippen molar-refractivity contribution in [2.45, 2.75) is 21.6 Å². The van der Waals surface area contributed by atoms with Crippen LogP contribution in [0.2, 0.25) is 0 Å². The molecule has 2 amide bonds. The molecular weight excluding hydrogens is 667 g/mol. The number of amides is 2. The standard InChI is InChI=1S/C44H41N3O2S2/c45-39(31-50-43(33-19-7-1-8-20-33,34-21-9-2-10-22-34)35-23-11-3-12-24-35)42(49)47-40(41(46)48)32-51-44(36-25-13-4-14-26-36,37-27-15-5-16-28-37)38-29-17-6-18-30-38/h1-30,39-40H,31-32,45H2,(H2,46,48)(H,47,49). The largest absolute Gasteiger partial charge is 0.368 e. The van der Waals surface area contributed by atoms with Gasteiger partial charge in [-0.1, -0.05) is 182 Å². The Morgan fingerprint density at radius 3 is 0.980 bits per heavy atom. The summed E-state index contributed by atoms with van der Waals surface area (Å²) in [5, 5.41) is 2.93. The highest BCUT2D eigenvalue weighted by Gasteiger charge is 2.40. The number of thioether (sulfide) groups is 2.